The fourth-order valence-electron chi connectivity index (χ4n) is 5.70. The molecular weight excluding hydrogens is 572 g/mol. The molecule has 14 nitrogen and oxygen atoms in total. The summed E-state index contributed by atoms with van der Waals surface area (Å²) >= 11 is 0. The number of aliphatic hydroxyl groups excluding tert-OH is 1. The van der Waals surface area contributed by atoms with Gasteiger partial charge in [-0.1, -0.05) is 50.8 Å². The summed E-state index contributed by atoms with van der Waals surface area (Å²) in [4.78, 5) is 61.6. The zero-order valence-electron chi connectivity index (χ0n) is 23.9. The van der Waals surface area contributed by atoms with Crippen LogP contribution >= 0.6 is 0 Å². The molecule has 5 N–H and O–H groups in total. The van der Waals surface area contributed by atoms with Crippen LogP contribution in [0.25, 0.3) is 0 Å². The molecule has 2 heterocycles. The molecule has 236 valence electrons. The molecule has 0 amide bonds. The molecule has 2 bridgehead atoms. The highest BCUT2D eigenvalue weighted by Gasteiger charge is 2.85. The third kappa shape index (κ3) is 6.00. The Kier molecular flexibility index (Phi) is 10.0. The molecule has 0 saturated carbocycles. The van der Waals surface area contributed by atoms with Gasteiger partial charge in [0.1, 0.15) is 12.2 Å². The Bertz CT molecular complexity index is 1260. The Labute approximate surface area is 246 Å². The lowest BCUT2D eigenvalue weighted by molar-refractivity contribution is -0.374. The van der Waals surface area contributed by atoms with Gasteiger partial charge in [0.2, 0.25) is 23.1 Å². The van der Waals surface area contributed by atoms with Crippen LogP contribution in [0.3, 0.4) is 0 Å². The number of rotatable bonds is 14. The molecule has 1 aromatic carbocycles. The zero-order valence-corrected chi connectivity index (χ0v) is 23.9. The molecule has 0 aromatic heterocycles. The maximum atomic E-state index is 12.7. The zero-order chi connectivity index (χ0) is 32.3. The van der Waals surface area contributed by atoms with Crippen LogP contribution in [0, 0.1) is 5.92 Å². The minimum absolute atomic E-state index is 0.225. The molecule has 4 unspecified atom stereocenters. The van der Waals surface area contributed by atoms with Crippen molar-refractivity contribution in [2.75, 3.05) is 0 Å². The largest absolute Gasteiger partial charge is 0.479 e. The summed E-state index contributed by atoms with van der Waals surface area (Å²) in [6, 6.07) is 9.27. The van der Waals surface area contributed by atoms with E-state index in [1.807, 2.05) is 30.3 Å². The minimum Gasteiger partial charge on any atom is -0.479 e. The van der Waals surface area contributed by atoms with Crippen LogP contribution in [0.1, 0.15) is 52.0 Å². The molecule has 1 aromatic rings. The van der Waals surface area contributed by atoms with Crippen LogP contribution in [0.15, 0.2) is 42.5 Å². The number of hydrogen-bond donors (Lipinski definition) is 5. The fourth-order valence-corrected chi connectivity index (χ4v) is 5.70. The first-order valence-electron chi connectivity index (χ1n) is 13.6. The van der Waals surface area contributed by atoms with Crippen molar-refractivity contribution in [1.29, 1.82) is 0 Å². The topological polar surface area (TPSA) is 223 Å². The summed E-state index contributed by atoms with van der Waals surface area (Å²) in [5, 5.41) is 52.6. The monoisotopic (exact) mass is 608 g/mol. The first kappa shape index (κ1) is 33.6. The summed E-state index contributed by atoms with van der Waals surface area (Å²) in [6.45, 7) is 8.57. The normalized spacial score (nSPS) is 31.0. The summed E-state index contributed by atoms with van der Waals surface area (Å²) in [5.74, 6) is -11.3. The fraction of sp³-hybridized carbons (Fsp3) is 0.552. The highest BCUT2D eigenvalue weighted by atomic mass is 16.8. The Morgan fingerprint density at radius 3 is 2.19 bits per heavy atom. The van der Waals surface area contributed by atoms with Crippen molar-refractivity contribution >= 4 is 29.8 Å². The van der Waals surface area contributed by atoms with Crippen molar-refractivity contribution < 1.29 is 68.5 Å². The average molecular weight is 609 g/mol. The van der Waals surface area contributed by atoms with Gasteiger partial charge in [-0.15, -0.1) is 0 Å². The number of benzene rings is 1. The smallest absolute Gasteiger partial charge is 0.344 e. The van der Waals surface area contributed by atoms with Crippen molar-refractivity contribution in [3.8, 4) is 0 Å². The number of aliphatic carboxylic acids is 3. The highest BCUT2D eigenvalue weighted by molar-refractivity contribution is 5.98. The first-order chi connectivity index (χ1) is 20.1. The Morgan fingerprint density at radius 1 is 1.05 bits per heavy atom. The standard InChI is InChI=1S/C29H36O14/c1-5-9-19(31)41-22-21(32)27(42-23(24(33)34)28(39,25(35)36)29(22,43-27)26(37)38)13-12-15(2)20(40-17(4)30)16(3)14-18-10-7-6-8-11-18/h6-8,10-11,16,20-23,32,39H,2,5,9,12-14H2,1,3-4H3,(H,33,34)(H,35,36)(H,37,38)/t16-,20-,21-,22-,23?,27?,28?,29?/m1/s1. The number of ether oxygens (including phenoxy) is 4. The number of esters is 2. The van der Waals surface area contributed by atoms with Crippen LogP contribution in [-0.2, 0) is 49.3 Å². The van der Waals surface area contributed by atoms with Crippen molar-refractivity contribution in [1.82, 2.24) is 0 Å². The lowest BCUT2D eigenvalue weighted by Crippen LogP contribution is -2.78. The maximum Gasteiger partial charge on any atom is 0.344 e. The Balaban J connectivity index is 2.03. The number of carboxylic acids is 3. The lowest BCUT2D eigenvalue weighted by Gasteiger charge is -2.48. The van der Waals surface area contributed by atoms with Crippen LogP contribution in [0.2, 0.25) is 0 Å². The summed E-state index contributed by atoms with van der Waals surface area (Å²) in [7, 11) is 0. The second-order valence-corrected chi connectivity index (χ2v) is 10.8. The highest BCUT2D eigenvalue weighted by Crippen LogP contribution is 2.56. The minimum atomic E-state index is -3.86. The van der Waals surface area contributed by atoms with Gasteiger partial charge in [-0.2, -0.15) is 0 Å². The van der Waals surface area contributed by atoms with Crippen molar-refractivity contribution in [2.24, 2.45) is 5.92 Å². The molecule has 8 atom stereocenters. The van der Waals surface area contributed by atoms with Gasteiger partial charge in [0, 0.05) is 25.7 Å². The molecule has 0 spiro atoms. The molecule has 2 fully saturated rings. The van der Waals surface area contributed by atoms with E-state index in [9.17, 15) is 49.5 Å². The second kappa shape index (κ2) is 12.8. The third-order valence-corrected chi connectivity index (χ3v) is 7.72. The molecule has 3 rings (SSSR count). The number of hydrogen-bond acceptors (Lipinski definition) is 11. The molecule has 2 aliphatic heterocycles. The molecule has 0 aliphatic carbocycles. The van der Waals surface area contributed by atoms with E-state index < -0.39 is 77.7 Å². The van der Waals surface area contributed by atoms with E-state index >= 15 is 0 Å². The van der Waals surface area contributed by atoms with Gasteiger partial charge in [-0.25, -0.2) is 14.4 Å². The lowest BCUT2D eigenvalue weighted by atomic mass is 9.74. The van der Waals surface area contributed by atoms with Crippen molar-refractivity contribution in [3.63, 3.8) is 0 Å². The van der Waals surface area contributed by atoms with Crippen LogP contribution in [-0.4, -0.2) is 96.8 Å². The molecular formula is C29H36O14. The van der Waals surface area contributed by atoms with Gasteiger partial charge in [-0.05, 0) is 30.4 Å². The maximum absolute atomic E-state index is 12.7. The quantitative estimate of drug-likeness (QED) is 0.147. The first-order valence-corrected chi connectivity index (χ1v) is 13.6. The van der Waals surface area contributed by atoms with E-state index in [-0.39, 0.29) is 30.8 Å². The predicted octanol–water partition coefficient (Wildman–Crippen LogP) is 1.06. The van der Waals surface area contributed by atoms with Gasteiger partial charge in [-0.3, -0.25) is 9.59 Å². The van der Waals surface area contributed by atoms with E-state index in [0.29, 0.717) is 6.42 Å². The van der Waals surface area contributed by atoms with Gasteiger partial charge in [0.25, 0.3) is 0 Å². The molecule has 43 heavy (non-hydrogen) atoms. The molecule has 14 heteroatoms. The van der Waals surface area contributed by atoms with Gasteiger partial charge < -0.3 is 44.5 Å². The van der Waals surface area contributed by atoms with Gasteiger partial charge >= 0.3 is 29.8 Å². The third-order valence-electron chi connectivity index (χ3n) is 7.72. The summed E-state index contributed by atoms with van der Waals surface area (Å²) in [5.41, 5.74) is -6.17. The summed E-state index contributed by atoms with van der Waals surface area (Å²) in [6.07, 6.45) is -8.73. The van der Waals surface area contributed by atoms with Crippen LogP contribution in [0.5, 0.6) is 0 Å². The second-order valence-electron chi connectivity index (χ2n) is 10.8. The SMILES string of the molecule is C=C(CCC12OC(C(=O)O)C(O)(C(=O)O)C(C(=O)O)(O1)[C@H](OC(=O)CCC)[C@H]2O)[C@@H](OC(C)=O)[C@H](C)Cc1ccccc1. The molecule has 2 saturated heterocycles. The van der Waals surface area contributed by atoms with E-state index in [4.69, 9.17) is 18.9 Å². The van der Waals surface area contributed by atoms with Gasteiger partial charge in [0.05, 0.1) is 0 Å². The van der Waals surface area contributed by atoms with Crippen molar-refractivity contribution in [2.45, 2.75) is 94.3 Å². The molecule has 2 aliphatic rings. The van der Waals surface area contributed by atoms with Gasteiger partial charge in [0.15, 0.2) is 6.10 Å². The van der Waals surface area contributed by atoms with Crippen molar-refractivity contribution in [3.05, 3.63) is 48.0 Å². The van der Waals surface area contributed by atoms with E-state index in [1.54, 1.807) is 13.8 Å². The van der Waals surface area contributed by atoms with Crippen LogP contribution in [0.4, 0.5) is 0 Å². The number of carbonyl (C=O) groups excluding carboxylic acids is 2. The number of aliphatic hydroxyl groups is 2. The number of carboxylic acid groups (broad SMARTS) is 3. The Hall–Kier alpha value is -3.85. The average Bonchev–Trinajstić information content (AvgIpc) is 3.14. The number of carbonyl (C=O) groups is 5. The Morgan fingerprint density at radius 2 is 1.67 bits per heavy atom. The van der Waals surface area contributed by atoms with Crippen LogP contribution < -0.4 is 0 Å². The van der Waals surface area contributed by atoms with E-state index in [0.717, 1.165) is 5.56 Å². The summed E-state index contributed by atoms with van der Waals surface area (Å²) < 4.78 is 21.7. The predicted molar refractivity (Wildman–Crippen MR) is 143 cm³/mol. The van der Waals surface area contributed by atoms with E-state index in [1.165, 1.54) is 6.92 Å². The van der Waals surface area contributed by atoms with E-state index in [2.05, 4.69) is 6.58 Å². The molecule has 0 radical (unpaired) electrons. The number of fused-ring (bicyclic) bond motifs is 2.